The number of nitrogens with two attached hydrogens (primary N) is 1. The summed E-state index contributed by atoms with van der Waals surface area (Å²) < 4.78 is 20.1. The molecule has 8 heteroatoms. The number of halogens is 1. The first kappa shape index (κ1) is 25.8. The Labute approximate surface area is 211 Å². The molecule has 0 saturated carbocycles. The van der Waals surface area contributed by atoms with E-state index >= 15 is 0 Å². The van der Waals surface area contributed by atoms with Gasteiger partial charge in [0, 0.05) is 19.3 Å². The lowest BCUT2D eigenvalue weighted by atomic mass is 9.87. The number of carbonyl (C=O) groups is 2. The zero-order valence-electron chi connectivity index (χ0n) is 21.2. The molecule has 2 aliphatic rings. The molecular formula is C28H35FN4O3. The molecule has 3 N–H and O–H groups in total. The summed E-state index contributed by atoms with van der Waals surface area (Å²) in [6.07, 6.45) is 3.69. The lowest BCUT2D eigenvalue weighted by Crippen LogP contribution is -2.52. The van der Waals surface area contributed by atoms with Gasteiger partial charge in [0.1, 0.15) is 5.82 Å². The second kappa shape index (κ2) is 10.8. The maximum atomic E-state index is 14.8. The van der Waals surface area contributed by atoms with Crippen LogP contribution < -0.4 is 11.1 Å². The average molecular weight is 495 g/mol. The van der Waals surface area contributed by atoms with E-state index in [1.165, 1.54) is 22.6 Å². The van der Waals surface area contributed by atoms with Gasteiger partial charge in [0.15, 0.2) is 5.96 Å². The van der Waals surface area contributed by atoms with Gasteiger partial charge in [-0.1, -0.05) is 38.1 Å². The molecule has 0 spiro atoms. The van der Waals surface area contributed by atoms with Gasteiger partial charge in [-0.3, -0.25) is 14.5 Å². The summed E-state index contributed by atoms with van der Waals surface area (Å²) in [6.45, 7) is 4.31. The fourth-order valence-electron chi connectivity index (χ4n) is 5.38. The zero-order valence-corrected chi connectivity index (χ0v) is 21.2. The fourth-order valence-corrected chi connectivity index (χ4v) is 5.38. The highest BCUT2D eigenvalue weighted by molar-refractivity contribution is 6.00. The van der Waals surface area contributed by atoms with Gasteiger partial charge >= 0.3 is 0 Å². The van der Waals surface area contributed by atoms with Gasteiger partial charge in [0.25, 0.3) is 5.91 Å². The van der Waals surface area contributed by atoms with Crippen molar-refractivity contribution in [3.63, 3.8) is 0 Å². The minimum Gasteiger partial charge on any atom is -0.385 e. The highest BCUT2D eigenvalue weighted by atomic mass is 19.1. The number of benzene rings is 2. The van der Waals surface area contributed by atoms with E-state index in [0.717, 1.165) is 18.4 Å². The van der Waals surface area contributed by atoms with E-state index in [1.807, 2.05) is 32.0 Å². The Balaban J connectivity index is 1.64. The average Bonchev–Trinajstić information content (AvgIpc) is 3.27. The molecule has 2 aromatic carbocycles. The number of hydrogen-bond donors (Lipinski definition) is 2. The molecule has 0 aromatic heterocycles. The largest absolute Gasteiger partial charge is 0.385 e. The van der Waals surface area contributed by atoms with Crippen LogP contribution in [0.3, 0.4) is 0 Å². The van der Waals surface area contributed by atoms with Gasteiger partial charge in [-0.05, 0) is 67.0 Å². The Morgan fingerprint density at radius 1 is 1.28 bits per heavy atom. The number of hydrogen-bond acceptors (Lipinski definition) is 5. The number of methoxy groups -OCH3 is 1. The molecule has 2 amide bonds. The second-order valence-corrected chi connectivity index (χ2v) is 9.68. The molecule has 192 valence electrons. The van der Waals surface area contributed by atoms with Crippen LogP contribution in [-0.2, 0) is 16.0 Å². The Hall–Kier alpha value is -3.26. The Bertz CT molecular complexity index is 1160. The summed E-state index contributed by atoms with van der Waals surface area (Å²) in [6, 6.07) is 11.5. The molecule has 2 aromatic rings. The highest BCUT2D eigenvalue weighted by Crippen LogP contribution is 2.35. The predicted octanol–water partition coefficient (Wildman–Crippen LogP) is 4.43. The Morgan fingerprint density at radius 2 is 2.03 bits per heavy atom. The Morgan fingerprint density at radius 3 is 2.72 bits per heavy atom. The highest BCUT2D eigenvalue weighted by Gasteiger charge is 2.40. The van der Waals surface area contributed by atoms with Gasteiger partial charge in [-0.25, -0.2) is 9.38 Å². The maximum absolute atomic E-state index is 14.8. The SMILES string of the molecule is CCC1(CC)CC(=O)N(C(CCOC)c2cc(F)cc(C(=O)N[C@H]3CCc4ccccc43)c2)C(N)=N1. The van der Waals surface area contributed by atoms with E-state index in [0.29, 0.717) is 31.4 Å². The topological polar surface area (TPSA) is 97.0 Å². The van der Waals surface area contributed by atoms with E-state index in [9.17, 15) is 14.0 Å². The van der Waals surface area contributed by atoms with Gasteiger partial charge in [0.05, 0.1) is 24.0 Å². The van der Waals surface area contributed by atoms with Crippen molar-refractivity contribution >= 4 is 17.8 Å². The number of fused-ring (bicyclic) bond motifs is 1. The summed E-state index contributed by atoms with van der Waals surface area (Å²) in [7, 11) is 1.57. The number of carbonyl (C=O) groups excluding carboxylic acids is 2. The monoisotopic (exact) mass is 494 g/mol. The minimum absolute atomic E-state index is 0.118. The number of guanidine groups is 1. The van der Waals surface area contributed by atoms with Crippen LogP contribution in [0, 0.1) is 5.82 Å². The standard InChI is InChI=1S/C28H35FN4O3/c1-4-28(5-2)17-25(34)33(27(30)32-28)24(12-13-36-3)19-14-20(16-21(29)15-19)26(35)31-23-11-10-18-8-6-7-9-22(18)23/h6-9,14-16,23-24H,4-5,10-13,17H2,1-3H3,(H2,30,32)(H,31,35)/t23-,24?/m0/s1. The maximum Gasteiger partial charge on any atom is 0.251 e. The van der Waals surface area contributed by atoms with Crippen molar-refractivity contribution in [3.8, 4) is 0 Å². The molecular weight excluding hydrogens is 459 g/mol. The molecule has 0 bridgehead atoms. The zero-order chi connectivity index (χ0) is 25.9. The molecule has 0 radical (unpaired) electrons. The van der Waals surface area contributed by atoms with Crippen LogP contribution in [0.25, 0.3) is 0 Å². The normalized spacial score (nSPS) is 19.6. The minimum atomic E-state index is -0.609. The number of aryl methyl sites for hydroxylation is 1. The first-order valence-electron chi connectivity index (χ1n) is 12.7. The third-order valence-electron chi connectivity index (χ3n) is 7.58. The van der Waals surface area contributed by atoms with Crippen molar-refractivity contribution in [2.45, 2.75) is 70.0 Å². The predicted molar refractivity (Wildman–Crippen MR) is 137 cm³/mol. The molecule has 7 nitrogen and oxygen atoms in total. The first-order chi connectivity index (χ1) is 17.3. The van der Waals surface area contributed by atoms with Crippen LogP contribution in [-0.4, -0.2) is 41.9 Å². The van der Waals surface area contributed by atoms with E-state index in [4.69, 9.17) is 15.5 Å². The summed E-state index contributed by atoms with van der Waals surface area (Å²) in [4.78, 5) is 32.6. The van der Waals surface area contributed by atoms with Crippen LogP contribution in [0.1, 0.15) is 85.1 Å². The third-order valence-corrected chi connectivity index (χ3v) is 7.58. The number of ether oxygens (including phenoxy) is 1. The fraction of sp³-hybridized carbons (Fsp3) is 0.464. The molecule has 1 aliphatic heterocycles. The number of nitrogens with one attached hydrogen (secondary N) is 1. The summed E-state index contributed by atoms with van der Waals surface area (Å²) in [5.74, 6) is -0.951. The van der Waals surface area contributed by atoms with Crippen LogP contribution in [0.2, 0.25) is 0 Å². The quantitative estimate of drug-likeness (QED) is 0.539. The van der Waals surface area contributed by atoms with Crippen LogP contribution in [0.5, 0.6) is 0 Å². The number of nitrogens with zero attached hydrogens (tertiary/aromatic N) is 2. The first-order valence-corrected chi connectivity index (χ1v) is 12.7. The smallest absolute Gasteiger partial charge is 0.251 e. The summed E-state index contributed by atoms with van der Waals surface area (Å²) in [5.41, 5.74) is 8.82. The van der Waals surface area contributed by atoms with E-state index in [2.05, 4.69) is 11.4 Å². The molecule has 1 heterocycles. The van der Waals surface area contributed by atoms with Gasteiger partial charge in [0.2, 0.25) is 5.91 Å². The number of aliphatic imine (C=N–C) groups is 1. The lowest BCUT2D eigenvalue weighted by Gasteiger charge is -2.40. The van der Waals surface area contributed by atoms with Crippen LogP contribution in [0.4, 0.5) is 4.39 Å². The van der Waals surface area contributed by atoms with Gasteiger partial charge in [-0.15, -0.1) is 0 Å². The van der Waals surface area contributed by atoms with Crippen molar-refractivity contribution < 1.29 is 18.7 Å². The number of rotatable bonds is 9. The van der Waals surface area contributed by atoms with Gasteiger partial charge < -0.3 is 15.8 Å². The van der Waals surface area contributed by atoms with Crippen LogP contribution >= 0.6 is 0 Å². The molecule has 1 aliphatic carbocycles. The lowest BCUT2D eigenvalue weighted by molar-refractivity contribution is -0.131. The molecule has 1 unspecified atom stereocenters. The number of amides is 2. The van der Waals surface area contributed by atoms with Crippen molar-refractivity contribution in [3.05, 3.63) is 70.5 Å². The molecule has 0 fully saturated rings. The van der Waals surface area contributed by atoms with E-state index < -0.39 is 17.4 Å². The van der Waals surface area contributed by atoms with Gasteiger partial charge in [-0.2, -0.15) is 0 Å². The molecule has 36 heavy (non-hydrogen) atoms. The molecule has 0 saturated heterocycles. The second-order valence-electron chi connectivity index (χ2n) is 9.68. The van der Waals surface area contributed by atoms with Crippen molar-refractivity contribution in [1.29, 1.82) is 0 Å². The molecule has 4 rings (SSSR count). The van der Waals surface area contributed by atoms with Crippen LogP contribution in [0.15, 0.2) is 47.5 Å². The third kappa shape index (κ3) is 5.14. The van der Waals surface area contributed by atoms with E-state index in [1.54, 1.807) is 13.2 Å². The summed E-state index contributed by atoms with van der Waals surface area (Å²) in [5, 5.41) is 3.05. The Kier molecular flexibility index (Phi) is 7.73. The molecule has 2 atom stereocenters. The van der Waals surface area contributed by atoms with E-state index in [-0.39, 0.29) is 35.8 Å². The summed E-state index contributed by atoms with van der Waals surface area (Å²) >= 11 is 0. The van der Waals surface area contributed by atoms with Crippen molar-refractivity contribution in [1.82, 2.24) is 10.2 Å². The van der Waals surface area contributed by atoms with Crippen molar-refractivity contribution in [2.75, 3.05) is 13.7 Å². The van der Waals surface area contributed by atoms with Crippen molar-refractivity contribution in [2.24, 2.45) is 10.7 Å².